The van der Waals surface area contributed by atoms with Gasteiger partial charge in [0.15, 0.2) is 0 Å². The largest absolute Gasteiger partial charge is 0.331 e. The number of H-pyrrole nitrogens is 10. The van der Waals surface area contributed by atoms with E-state index < -0.39 is 138 Å². The number of nitrogens with one attached hydrogen (secondary N) is 10. The summed E-state index contributed by atoms with van der Waals surface area (Å²) in [7, 11) is 6.29. The maximum atomic E-state index is 12.2. The fourth-order valence-corrected chi connectivity index (χ4v) is 11.1. The zero-order chi connectivity index (χ0) is 77.7. The summed E-state index contributed by atoms with van der Waals surface area (Å²) in [6, 6.07) is 0. The summed E-state index contributed by atoms with van der Waals surface area (Å²) in [6.07, 6.45) is 3.11. The lowest BCUT2D eigenvalue weighted by Gasteiger charge is -2.10. The van der Waals surface area contributed by atoms with Crippen LogP contribution < -0.4 is 112 Å². The maximum absolute atomic E-state index is 12.2. The molecule has 45 heteroatoms. The molecular formula is C60H73F5N20O20. The second kappa shape index (κ2) is 34.6. The minimum atomic E-state index is -2.53. The van der Waals surface area contributed by atoms with Gasteiger partial charge >= 0.3 is 56.9 Å². The molecule has 0 spiro atoms. The number of unbranched alkanes of at least 4 members (excludes halogenated alkanes) is 5. The Labute approximate surface area is 576 Å². The molecule has 0 amide bonds. The van der Waals surface area contributed by atoms with E-state index in [1.807, 2.05) is 15.0 Å². The average Bonchev–Trinajstić information content (AvgIpc) is 1.77. The number of hydrogen-bond acceptors (Lipinski definition) is 20. The van der Waals surface area contributed by atoms with Crippen molar-refractivity contribution in [2.75, 3.05) is 6.67 Å². The lowest BCUT2D eigenvalue weighted by Crippen LogP contribution is -2.42. The molecule has 10 N–H and O–H groups in total. The molecule has 0 aromatic carbocycles. The molecule has 1 aliphatic carbocycles. The van der Waals surface area contributed by atoms with Crippen LogP contribution in [0.5, 0.6) is 0 Å². The number of rotatable bonds is 22. The zero-order valence-corrected chi connectivity index (χ0v) is 57.1. The summed E-state index contributed by atoms with van der Waals surface area (Å²) >= 11 is 0. The molecule has 10 heterocycles. The first kappa shape index (κ1) is 80.1. The van der Waals surface area contributed by atoms with E-state index in [-0.39, 0.29) is 107 Å². The predicted molar refractivity (Wildman–Crippen MR) is 370 cm³/mol. The zero-order valence-electron chi connectivity index (χ0n) is 57.1. The maximum Gasteiger partial charge on any atom is 0.331 e. The molecule has 0 atom stereocenters. The van der Waals surface area contributed by atoms with Gasteiger partial charge in [-0.1, -0.05) is 39.0 Å². The van der Waals surface area contributed by atoms with E-state index >= 15 is 0 Å². The van der Waals surface area contributed by atoms with Gasteiger partial charge < -0.3 is 24.9 Å². The van der Waals surface area contributed by atoms with E-state index in [1.165, 1.54) is 57.2 Å². The Morgan fingerprint density at radius 1 is 0.314 bits per heavy atom. The first-order valence-electron chi connectivity index (χ1n) is 32.5. The smallest absolute Gasteiger partial charge is 0.301 e. The van der Waals surface area contributed by atoms with Gasteiger partial charge in [-0.25, -0.2) is 65.5 Å². The van der Waals surface area contributed by atoms with Crippen LogP contribution in [-0.4, -0.2) is 115 Å². The van der Waals surface area contributed by atoms with Crippen LogP contribution in [-0.2, 0) is 68.0 Å². The Morgan fingerprint density at radius 3 is 0.800 bits per heavy atom. The van der Waals surface area contributed by atoms with E-state index in [0.29, 0.717) is 24.1 Å². The fourth-order valence-electron chi connectivity index (χ4n) is 11.1. The van der Waals surface area contributed by atoms with Crippen molar-refractivity contribution >= 4 is 55.2 Å². The third kappa shape index (κ3) is 18.3. The minimum Gasteiger partial charge on any atom is -0.301 e. The molecule has 10 aromatic rings. The van der Waals surface area contributed by atoms with Gasteiger partial charge in [-0.05, 0) is 57.3 Å². The van der Waals surface area contributed by atoms with Crippen molar-refractivity contribution < 1.29 is 22.0 Å². The number of nitrogens with zero attached hydrogens (tertiary/aromatic N) is 10. The number of aromatic nitrogens is 20. The molecule has 1 fully saturated rings. The lowest BCUT2D eigenvalue weighted by atomic mass is 10.2. The average molecular weight is 1490 g/mol. The van der Waals surface area contributed by atoms with Crippen molar-refractivity contribution in [2.24, 2.45) is 41.2 Å². The molecular weight excluding hydrogens is 1420 g/mol. The fraction of sp³-hybridized carbons (Fsp3) is 0.500. The molecule has 0 bridgehead atoms. The molecule has 105 heavy (non-hydrogen) atoms. The van der Waals surface area contributed by atoms with Gasteiger partial charge in [0, 0.05) is 80.8 Å². The van der Waals surface area contributed by atoms with Gasteiger partial charge in [-0.3, -0.25) is 123 Å². The van der Waals surface area contributed by atoms with Gasteiger partial charge in [0.25, 0.3) is 55.6 Å². The summed E-state index contributed by atoms with van der Waals surface area (Å²) in [5.41, 5.74) is -17.2. The van der Waals surface area contributed by atoms with E-state index in [2.05, 4.69) is 41.8 Å². The van der Waals surface area contributed by atoms with Gasteiger partial charge in [-0.2, -0.15) is 0 Å². The highest BCUT2D eigenvalue weighted by molar-refractivity contribution is 5.74. The van der Waals surface area contributed by atoms with E-state index in [4.69, 9.17) is 0 Å². The van der Waals surface area contributed by atoms with Crippen LogP contribution in [0.3, 0.4) is 0 Å². The van der Waals surface area contributed by atoms with E-state index in [1.54, 1.807) is 0 Å². The van der Waals surface area contributed by atoms with Crippen molar-refractivity contribution in [3.05, 3.63) is 208 Å². The Hall–Kier alpha value is -12.3. The van der Waals surface area contributed by atoms with Crippen molar-refractivity contribution in [1.29, 1.82) is 0 Å². The highest BCUT2D eigenvalue weighted by atomic mass is 19.3. The molecule has 0 radical (unpaired) electrons. The van der Waals surface area contributed by atoms with Crippen molar-refractivity contribution in [2.45, 2.75) is 149 Å². The number of aryl methyl sites for hydroxylation is 5. The second-order valence-corrected chi connectivity index (χ2v) is 24.1. The number of alkyl halides is 5. The topological polar surface area (TPSA) is 549 Å². The summed E-state index contributed by atoms with van der Waals surface area (Å²) in [5, 5.41) is 0. The van der Waals surface area contributed by atoms with Gasteiger partial charge in [-0.15, -0.1) is 0 Å². The van der Waals surface area contributed by atoms with E-state index in [9.17, 15) is 118 Å². The SMILES string of the molecule is CCCCCCn1c(=O)n(C)c(=O)c2[nH]c(=O)[nH]c(=O)c21.Cn1c(=O)c2[nH]c(=O)[nH]c(=O)c2n(CCCC(F)F)c1=O.Cn1c(=O)c2[nH]c(=O)[nH]c(=O)c2n(CCCC2CC2)c1=O.Cn1c(=O)c2[nH]c(=O)[nH]c(=O)c2n(CCCCC(F)F)c1=O.Cn1c(=O)c2[nH]c(=O)[nH]c(=O)c2n(CCCCF)c1=O. The normalized spacial score (nSPS) is 12.0. The molecule has 0 unspecified atom stereocenters. The van der Waals surface area contributed by atoms with Crippen LogP contribution >= 0.6 is 0 Å². The van der Waals surface area contributed by atoms with Gasteiger partial charge in [0.05, 0.1) is 6.67 Å². The number of aromatic amines is 10. The Balaban J connectivity index is 0.000000183. The third-order valence-corrected chi connectivity index (χ3v) is 16.7. The standard InChI is InChI=1S/C13H16N4O4.C13H18N4O4.C12H14F2N4O4.C11H12F2N4O4.C11H13FN4O4/c1-16-11(19)8-9(10(18)15-12(20)14-8)17(13(16)21)6-2-3-7-4-5-7;1-3-4-5-6-7-17-9-8(11(19)16(2)13(17)21)14-12(20)15-10(9)18;1-17-10(20)7-8(9(19)16-11(21)15-7)18(12(17)22)5-3-2-4-6(13)14;1-16-9(19)6-7(8(18)15-10(20)14-6)17(11(16)21)4-2-3-5(12)13;1-15-9(18)6-7(8(17)14-10(19)13-6)16(11(15)20)5-3-2-4-12/h7H,2-6H2,1H3,(H2,14,15,18,20);3-7H2,1-2H3,(H2,14,15,18,20);6H,2-5H2,1H3,(H2,15,16,19,21);5H,2-4H2,1H3,(H2,14,15,18,20);2-5H2,1H3,(H2,13,14,17,19). The molecule has 0 aliphatic heterocycles. The summed E-state index contributed by atoms with van der Waals surface area (Å²) in [6.45, 7) is 2.14. The Bertz CT molecular complexity index is 6130. The Kier molecular flexibility index (Phi) is 26.4. The highest BCUT2D eigenvalue weighted by Crippen LogP contribution is 2.33. The first-order valence-corrected chi connectivity index (χ1v) is 32.5. The molecule has 11 rings (SSSR count). The predicted octanol–water partition coefficient (Wildman–Crippen LogP) is -3.62. The van der Waals surface area contributed by atoms with Crippen molar-refractivity contribution in [3.8, 4) is 0 Å². The van der Waals surface area contributed by atoms with E-state index in [0.717, 1.165) is 76.4 Å². The van der Waals surface area contributed by atoms with Crippen LogP contribution in [0.4, 0.5) is 22.0 Å². The molecule has 1 saturated carbocycles. The quantitative estimate of drug-likeness (QED) is 0.0231. The summed E-state index contributed by atoms with van der Waals surface area (Å²) < 4.78 is 70.3. The summed E-state index contributed by atoms with van der Waals surface area (Å²) in [4.78, 5) is 257. The first-order chi connectivity index (χ1) is 49.6. The van der Waals surface area contributed by atoms with Crippen LogP contribution in [0.1, 0.15) is 103 Å². The minimum absolute atomic E-state index is 0.00863. The third-order valence-electron chi connectivity index (χ3n) is 16.7. The molecule has 1 aliphatic rings. The van der Waals surface area contributed by atoms with Crippen LogP contribution in [0.25, 0.3) is 55.2 Å². The number of halogens is 5. The molecule has 40 nitrogen and oxygen atoms in total. The molecule has 0 saturated heterocycles. The Morgan fingerprint density at radius 2 is 0.552 bits per heavy atom. The second-order valence-electron chi connectivity index (χ2n) is 24.1. The van der Waals surface area contributed by atoms with Crippen LogP contribution in [0.2, 0.25) is 0 Å². The van der Waals surface area contributed by atoms with Gasteiger partial charge in [0.2, 0.25) is 12.9 Å². The van der Waals surface area contributed by atoms with Gasteiger partial charge in [0.1, 0.15) is 55.2 Å². The van der Waals surface area contributed by atoms with Crippen LogP contribution in [0, 0.1) is 5.92 Å². The monoisotopic (exact) mass is 1490 g/mol. The molecule has 568 valence electrons. The number of hydrogen-bond donors (Lipinski definition) is 10. The lowest BCUT2D eigenvalue weighted by molar-refractivity contribution is 0.132. The highest BCUT2D eigenvalue weighted by Gasteiger charge is 2.23. The van der Waals surface area contributed by atoms with Crippen LogP contribution in [0.15, 0.2) is 95.9 Å². The molecule has 10 aromatic heterocycles. The van der Waals surface area contributed by atoms with Crippen molar-refractivity contribution in [1.82, 2.24) is 95.5 Å². The summed E-state index contributed by atoms with van der Waals surface area (Å²) in [5.74, 6) is 0.720. The number of fused-ring (bicyclic) bond motifs is 5. The van der Waals surface area contributed by atoms with Crippen molar-refractivity contribution in [3.63, 3.8) is 0 Å².